The summed E-state index contributed by atoms with van der Waals surface area (Å²) in [6, 6.07) is 0. The van der Waals surface area contributed by atoms with Gasteiger partial charge in [-0.15, -0.1) is 0 Å². The summed E-state index contributed by atoms with van der Waals surface area (Å²) in [5.41, 5.74) is 2.63. The van der Waals surface area contributed by atoms with E-state index in [0.29, 0.717) is 0 Å². The van der Waals surface area contributed by atoms with Crippen molar-refractivity contribution in [3.8, 4) is 0 Å². The first-order valence-electron chi connectivity index (χ1n) is 4.68. The van der Waals surface area contributed by atoms with E-state index in [1.165, 1.54) is 17.7 Å². The zero-order valence-electron chi connectivity index (χ0n) is 8.08. The van der Waals surface area contributed by atoms with Gasteiger partial charge >= 0.3 is 0 Å². The highest BCUT2D eigenvalue weighted by Gasteiger charge is 2.16. The Bertz CT molecular complexity index is 312. The van der Waals surface area contributed by atoms with Crippen LogP contribution in [0, 0.1) is 5.92 Å². The van der Waals surface area contributed by atoms with E-state index in [0.717, 1.165) is 23.9 Å². The first-order valence-corrected chi connectivity index (χ1v) is 5.91. The Balaban J connectivity index is 2.31. The maximum absolute atomic E-state index is 4.52. The average Bonchev–Trinajstić information content (AvgIpc) is 2.17. The van der Waals surface area contributed by atoms with Crippen LogP contribution in [0.2, 0.25) is 0 Å². The number of rotatable bonds is 1. The maximum Gasteiger partial charge on any atom is 0.187 e. The summed E-state index contributed by atoms with van der Waals surface area (Å²) in [6.45, 7) is 2.30. The van der Waals surface area contributed by atoms with Gasteiger partial charge in [-0.3, -0.25) is 0 Å². The lowest BCUT2D eigenvalue weighted by atomic mass is 9.89. The van der Waals surface area contributed by atoms with E-state index in [1.54, 1.807) is 11.8 Å². The third kappa shape index (κ3) is 1.85. The molecule has 0 saturated heterocycles. The van der Waals surface area contributed by atoms with Crippen LogP contribution in [-0.4, -0.2) is 16.2 Å². The fourth-order valence-electron chi connectivity index (χ4n) is 1.77. The molecule has 70 valence electrons. The number of aromatic nitrogens is 2. The molecule has 0 saturated carbocycles. The lowest BCUT2D eigenvalue weighted by Gasteiger charge is -2.19. The molecule has 1 aromatic heterocycles. The fraction of sp³-hybridized carbons (Fsp3) is 0.600. The Kier molecular flexibility index (Phi) is 2.54. The molecule has 0 fully saturated rings. The van der Waals surface area contributed by atoms with Gasteiger partial charge in [0.05, 0.1) is 0 Å². The average molecular weight is 194 g/mol. The maximum atomic E-state index is 4.52. The summed E-state index contributed by atoms with van der Waals surface area (Å²) in [5, 5.41) is 0.910. The van der Waals surface area contributed by atoms with Crippen LogP contribution < -0.4 is 0 Å². The van der Waals surface area contributed by atoms with Crippen molar-refractivity contribution in [3.05, 3.63) is 17.5 Å². The van der Waals surface area contributed by atoms with Crippen LogP contribution in [0.3, 0.4) is 0 Å². The molecule has 2 rings (SSSR count). The van der Waals surface area contributed by atoms with Gasteiger partial charge in [-0.25, -0.2) is 9.97 Å². The van der Waals surface area contributed by atoms with Crippen molar-refractivity contribution < 1.29 is 0 Å². The van der Waals surface area contributed by atoms with E-state index in [1.807, 2.05) is 12.5 Å². The zero-order valence-corrected chi connectivity index (χ0v) is 8.90. The number of hydrogen-bond donors (Lipinski definition) is 0. The molecule has 0 aromatic carbocycles. The molecule has 1 aromatic rings. The van der Waals surface area contributed by atoms with Crippen LogP contribution in [0.25, 0.3) is 0 Å². The number of thioether (sulfide) groups is 1. The molecule has 1 heterocycles. The summed E-state index contributed by atoms with van der Waals surface area (Å²) in [4.78, 5) is 8.81. The lowest BCUT2D eigenvalue weighted by Crippen LogP contribution is -2.13. The van der Waals surface area contributed by atoms with Crippen LogP contribution in [0.15, 0.2) is 11.4 Å². The summed E-state index contributed by atoms with van der Waals surface area (Å²) >= 11 is 1.62. The molecule has 0 amide bonds. The van der Waals surface area contributed by atoms with Gasteiger partial charge in [0, 0.05) is 11.9 Å². The van der Waals surface area contributed by atoms with Crippen LogP contribution in [0.4, 0.5) is 0 Å². The molecule has 13 heavy (non-hydrogen) atoms. The molecule has 0 radical (unpaired) electrons. The number of aryl methyl sites for hydroxylation is 1. The van der Waals surface area contributed by atoms with Crippen molar-refractivity contribution in [2.75, 3.05) is 6.26 Å². The molecule has 3 heteroatoms. The van der Waals surface area contributed by atoms with E-state index >= 15 is 0 Å². The summed E-state index contributed by atoms with van der Waals surface area (Å²) in [7, 11) is 0. The topological polar surface area (TPSA) is 25.8 Å². The van der Waals surface area contributed by atoms with Gasteiger partial charge < -0.3 is 0 Å². The lowest BCUT2D eigenvalue weighted by molar-refractivity contribution is 0.488. The van der Waals surface area contributed by atoms with Crippen molar-refractivity contribution in [2.45, 2.75) is 31.3 Å². The Morgan fingerprint density at radius 2 is 2.38 bits per heavy atom. The van der Waals surface area contributed by atoms with Crippen LogP contribution in [-0.2, 0) is 12.8 Å². The van der Waals surface area contributed by atoms with Gasteiger partial charge in [0.1, 0.15) is 0 Å². The van der Waals surface area contributed by atoms with Crippen LogP contribution >= 0.6 is 11.8 Å². The molecule has 1 aliphatic carbocycles. The summed E-state index contributed by atoms with van der Waals surface area (Å²) < 4.78 is 0. The Morgan fingerprint density at radius 1 is 1.54 bits per heavy atom. The molecule has 2 nitrogen and oxygen atoms in total. The van der Waals surface area contributed by atoms with Crippen molar-refractivity contribution in [1.29, 1.82) is 0 Å². The van der Waals surface area contributed by atoms with E-state index in [4.69, 9.17) is 0 Å². The second-order valence-electron chi connectivity index (χ2n) is 3.68. The molecule has 0 spiro atoms. The van der Waals surface area contributed by atoms with Crippen LogP contribution in [0.5, 0.6) is 0 Å². The van der Waals surface area contributed by atoms with E-state index in [9.17, 15) is 0 Å². The fourth-order valence-corrected chi connectivity index (χ4v) is 2.13. The zero-order chi connectivity index (χ0) is 9.26. The molecule has 1 unspecified atom stereocenters. The normalized spacial score (nSPS) is 21.2. The standard InChI is InChI=1S/C10H14N2S/c1-7-3-4-9-8(5-7)6-11-10(12-9)13-2/h6-7H,3-5H2,1-2H3. The monoisotopic (exact) mass is 194 g/mol. The molecule has 1 atom stereocenters. The molecular weight excluding hydrogens is 180 g/mol. The molecule has 0 aliphatic heterocycles. The second-order valence-corrected chi connectivity index (χ2v) is 4.45. The van der Waals surface area contributed by atoms with Gasteiger partial charge in [0.25, 0.3) is 0 Å². The van der Waals surface area contributed by atoms with Crippen molar-refractivity contribution >= 4 is 11.8 Å². The molecule has 0 N–H and O–H groups in total. The highest BCUT2D eigenvalue weighted by molar-refractivity contribution is 7.98. The Hall–Kier alpha value is -0.570. The molecular formula is C10H14N2S. The van der Waals surface area contributed by atoms with Crippen molar-refractivity contribution in [2.24, 2.45) is 5.92 Å². The van der Waals surface area contributed by atoms with Gasteiger partial charge in [-0.2, -0.15) is 0 Å². The highest BCUT2D eigenvalue weighted by atomic mass is 32.2. The predicted molar refractivity (Wildman–Crippen MR) is 55.0 cm³/mol. The predicted octanol–water partition coefficient (Wildman–Crippen LogP) is 2.32. The van der Waals surface area contributed by atoms with E-state index in [2.05, 4.69) is 16.9 Å². The minimum Gasteiger partial charge on any atom is -0.231 e. The highest BCUT2D eigenvalue weighted by Crippen LogP contribution is 2.24. The summed E-state index contributed by atoms with van der Waals surface area (Å²) in [6.07, 6.45) is 7.59. The van der Waals surface area contributed by atoms with E-state index < -0.39 is 0 Å². The van der Waals surface area contributed by atoms with Crippen LogP contribution in [0.1, 0.15) is 24.6 Å². The first kappa shape index (κ1) is 9.00. The van der Waals surface area contributed by atoms with Gasteiger partial charge in [0.2, 0.25) is 0 Å². The van der Waals surface area contributed by atoms with Gasteiger partial charge in [-0.1, -0.05) is 18.7 Å². The smallest absolute Gasteiger partial charge is 0.187 e. The number of hydrogen-bond acceptors (Lipinski definition) is 3. The quantitative estimate of drug-likeness (QED) is 0.507. The molecule has 1 aliphatic rings. The Labute approximate surface area is 83.2 Å². The third-order valence-electron chi connectivity index (χ3n) is 2.56. The van der Waals surface area contributed by atoms with Gasteiger partial charge in [0.15, 0.2) is 5.16 Å². The summed E-state index contributed by atoms with van der Waals surface area (Å²) in [5.74, 6) is 0.802. The minimum absolute atomic E-state index is 0.802. The van der Waals surface area contributed by atoms with E-state index in [-0.39, 0.29) is 0 Å². The number of fused-ring (bicyclic) bond motifs is 1. The van der Waals surface area contributed by atoms with Crippen molar-refractivity contribution in [3.63, 3.8) is 0 Å². The Morgan fingerprint density at radius 3 is 3.15 bits per heavy atom. The molecule has 0 bridgehead atoms. The van der Waals surface area contributed by atoms with Crippen molar-refractivity contribution in [1.82, 2.24) is 9.97 Å². The first-order chi connectivity index (χ1) is 6.29. The largest absolute Gasteiger partial charge is 0.231 e. The SMILES string of the molecule is CSc1ncc2c(n1)CCC(C)C2. The van der Waals surface area contributed by atoms with Gasteiger partial charge in [-0.05, 0) is 37.0 Å². The minimum atomic E-state index is 0.802. The second kappa shape index (κ2) is 3.66. The number of nitrogens with zero attached hydrogens (tertiary/aromatic N) is 2. The third-order valence-corrected chi connectivity index (χ3v) is 3.12.